The van der Waals surface area contributed by atoms with Crippen LogP contribution in [0.5, 0.6) is 5.75 Å². The van der Waals surface area contributed by atoms with Gasteiger partial charge in [-0.2, -0.15) is 13.2 Å². The van der Waals surface area contributed by atoms with Crippen molar-refractivity contribution in [1.82, 2.24) is 9.38 Å². The molecule has 3 rings (SSSR count). The van der Waals surface area contributed by atoms with Gasteiger partial charge in [0.25, 0.3) is 0 Å². The monoisotopic (exact) mass is 411 g/mol. The van der Waals surface area contributed by atoms with E-state index >= 15 is 0 Å². The SMILES string of the molecule is CCCOc1ccccc1NC(=O)Cc1cn2cc(C(F)(F)F)cc(Cl)c2n1. The second kappa shape index (κ2) is 8.10. The molecule has 28 heavy (non-hydrogen) atoms. The Kier molecular flexibility index (Phi) is 5.79. The standard InChI is InChI=1S/C19H17ClF3N3O2/c1-2-7-28-16-6-4-3-5-15(16)25-17(27)9-13-11-26-10-12(19(21,22)23)8-14(20)18(26)24-13/h3-6,8,10-11H,2,7,9H2,1H3,(H,25,27). The molecule has 0 aliphatic carbocycles. The summed E-state index contributed by atoms with van der Waals surface area (Å²) in [5, 5.41) is 2.60. The molecule has 0 bridgehead atoms. The first kappa shape index (κ1) is 20.0. The maximum Gasteiger partial charge on any atom is 0.417 e. The van der Waals surface area contributed by atoms with Crippen LogP contribution in [0.1, 0.15) is 24.6 Å². The summed E-state index contributed by atoms with van der Waals surface area (Å²) in [4.78, 5) is 16.5. The summed E-state index contributed by atoms with van der Waals surface area (Å²) in [7, 11) is 0. The van der Waals surface area contributed by atoms with Gasteiger partial charge in [0.05, 0.1) is 35.0 Å². The second-order valence-electron chi connectivity index (χ2n) is 6.11. The molecule has 0 fully saturated rings. The van der Waals surface area contributed by atoms with Gasteiger partial charge in [-0.1, -0.05) is 30.7 Å². The Balaban J connectivity index is 1.78. The fourth-order valence-corrected chi connectivity index (χ4v) is 2.87. The van der Waals surface area contributed by atoms with E-state index in [1.165, 1.54) is 10.6 Å². The van der Waals surface area contributed by atoms with Crippen molar-refractivity contribution in [2.75, 3.05) is 11.9 Å². The minimum atomic E-state index is -4.53. The number of carbonyl (C=O) groups excluding carboxylic acids is 1. The third kappa shape index (κ3) is 4.56. The lowest BCUT2D eigenvalue weighted by Crippen LogP contribution is -2.15. The molecule has 1 N–H and O–H groups in total. The number of carbonyl (C=O) groups is 1. The van der Waals surface area contributed by atoms with Gasteiger partial charge < -0.3 is 14.5 Å². The van der Waals surface area contributed by atoms with E-state index in [0.29, 0.717) is 23.7 Å². The summed E-state index contributed by atoms with van der Waals surface area (Å²) < 4.78 is 45.5. The maximum absolute atomic E-state index is 12.9. The topological polar surface area (TPSA) is 55.6 Å². The Morgan fingerprint density at radius 2 is 2.04 bits per heavy atom. The van der Waals surface area contributed by atoms with Crippen molar-refractivity contribution in [1.29, 1.82) is 0 Å². The normalized spacial score (nSPS) is 11.6. The van der Waals surface area contributed by atoms with E-state index in [0.717, 1.165) is 18.7 Å². The number of anilines is 1. The number of ether oxygens (including phenoxy) is 1. The van der Waals surface area contributed by atoms with Crippen LogP contribution in [0.25, 0.3) is 5.65 Å². The molecule has 0 unspecified atom stereocenters. The highest BCUT2D eigenvalue weighted by atomic mass is 35.5. The van der Waals surface area contributed by atoms with E-state index in [9.17, 15) is 18.0 Å². The van der Waals surface area contributed by atoms with Crippen LogP contribution < -0.4 is 10.1 Å². The highest BCUT2D eigenvalue weighted by Crippen LogP contribution is 2.32. The molecule has 148 valence electrons. The number of benzene rings is 1. The lowest BCUT2D eigenvalue weighted by atomic mass is 10.2. The zero-order chi connectivity index (χ0) is 20.3. The highest BCUT2D eigenvalue weighted by molar-refractivity contribution is 6.33. The smallest absolute Gasteiger partial charge is 0.417 e. The maximum atomic E-state index is 12.9. The van der Waals surface area contributed by atoms with Crippen molar-refractivity contribution in [2.24, 2.45) is 0 Å². The largest absolute Gasteiger partial charge is 0.491 e. The lowest BCUT2D eigenvalue weighted by Gasteiger charge is -2.11. The zero-order valence-corrected chi connectivity index (χ0v) is 15.6. The van der Waals surface area contributed by atoms with Gasteiger partial charge in [-0.05, 0) is 24.6 Å². The van der Waals surface area contributed by atoms with Gasteiger partial charge >= 0.3 is 6.18 Å². The fraction of sp³-hybridized carbons (Fsp3) is 0.263. The predicted molar refractivity (Wildman–Crippen MR) is 99.8 cm³/mol. The minimum Gasteiger partial charge on any atom is -0.491 e. The zero-order valence-electron chi connectivity index (χ0n) is 14.9. The van der Waals surface area contributed by atoms with Crippen molar-refractivity contribution < 1.29 is 22.7 Å². The summed E-state index contributed by atoms with van der Waals surface area (Å²) in [6, 6.07) is 7.82. The number of aromatic nitrogens is 2. The van der Waals surface area contributed by atoms with Crippen LogP contribution in [0, 0.1) is 0 Å². The van der Waals surface area contributed by atoms with E-state index < -0.39 is 11.7 Å². The molecule has 0 atom stereocenters. The summed E-state index contributed by atoms with van der Waals surface area (Å²) in [5.41, 5.74) is 0.0809. The fourth-order valence-electron chi connectivity index (χ4n) is 2.61. The van der Waals surface area contributed by atoms with Gasteiger partial charge in [-0.15, -0.1) is 0 Å². The molecule has 1 aromatic carbocycles. The second-order valence-corrected chi connectivity index (χ2v) is 6.51. The molecule has 0 radical (unpaired) electrons. The molecule has 9 heteroatoms. The summed E-state index contributed by atoms with van der Waals surface area (Å²) in [5.74, 6) is 0.175. The van der Waals surface area contributed by atoms with Crippen molar-refractivity contribution in [2.45, 2.75) is 25.9 Å². The molecule has 2 heterocycles. The van der Waals surface area contributed by atoms with Crippen LogP contribution in [0.3, 0.4) is 0 Å². The van der Waals surface area contributed by atoms with Crippen LogP contribution >= 0.6 is 11.6 Å². The third-order valence-electron chi connectivity index (χ3n) is 3.85. The van der Waals surface area contributed by atoms with Crippen LogP contribution in [-0.2, 0) is 17.4 Å². The Bertz CT molecular complexity index is 1000. The van der Waals surface area contributed by atoms with Crippen molar-refractivity contribution in [3.05, 3.63) is 59.0 Å². The molecule has 5 nitrogen and oxygen atoms in total. The number of hydrogen-bond donors (Lipinski definition) is 1. The first-order chi connectivity index (χ1) is 13.3. The number of pyridine rings is 1. The van der Waals surface area contributed by atoms with E-state index in [4.69, 9.17) is 16.3 Å². The lowest BCUT2D eigenvalue weighted by molar-refractivity contribution is -0.137. The van der Waals surface area contributed by atoms with Gasteiger partial charge in [0.15, 0.2) is 5.65 Å². The van der Waals surface area contributed by atoms with Gasteiger partial charge in [0.2, 0.25) is 5.91 Å². The van der Waals surface area contributed by atoms with E-state index in [-0.39, 0.29) is 23.0 Å². The van der Waals surface area contributed by atoms with E-state index in [1.54, 1.807) is 24.3 Å². The molecule has 0 saturated heterocycles. The first-order valence-corrected chi connectivity index (χ1v) is 8.91. The van der Waals surface area contributed by atoms with Crippen molar-refractivity contribution in [3.8, 4) is 5.75 Å². The van der Waals surface area contributed by atoms with Crippen LogP contribution in [0.15, 0.2) is 42.7 Å². The Morgan fingerprint density at radius 1 is 1.29 bits per heavy atom. The number of rotatable bonds is 6. The van der Waals surface area contributed by atoms with Crippen molar-refractivity contribution in [3.63, 3.8) is 0 Å². The van der Waals surface area contributed by atoms with Crippen molar-refractivity contribution >= 4 is 28.8 Å². The average molecular weight is 412 g/mol. The molecule has 2 aromatic heterocycles. The number of alkyl halides is 3. The molecular formula is C19H17ClF3N3O2. The van der Waals surface area contributed by atoms with Crippen LogP contribution in [0.4, 0.5) is 18.9 Å². The van der Waals surface area contributed by atoms with E-state index in [1.807, 2.05) is 6.92 Å². The van der Waals surface area contributed by atoms with Gasteiger partial charge in [0, 0.05) is 12.4 Å². The molecular weight excluding hydrogens is 395 g/mol. The first-order valence-electron chi connectivity index (χ1n) is 8.54. The predicted octanol–water partition coefficient (Wildman–Crippen LogP) is 4.98. The quantitative estimate of drug-likeness (QED) is 0.622. The van der Waals surface area contributed by atoms with Gasteiger partial charge in [-0.3, -0.25) is 4.79 Å². The molecule has 0 aliphatic heterocycles. The molecule has 0 spiro atoms. The Hall–Kier alpha value is -2.74. The minimum absolute atomic E-state index is 0.124. The Labute approximate surface area is 164 Å². The number of para-hydroxylation sites is 2. The molecule has 3 aromatic rings. The summed E-state index contributed by atoms with van der Waals surface area (Å²) in [6.07, 6.45) is -1.58. The molecule has 0 aliphatic rings. The number of hydrogen-bond acceptors (Lipinski definition) is 3. The number of amides is 1. The van der Waals surface area contributed by atoms with Crippen LogP contribution in [-0.4, -0.2) is 21.9 Å². The van der Waals surface area contributed by atoms with E-state index in [2.05, 4.69) is 10.3 Å². The number of imidazole rings is 1. The number of nitrogens with one attached hydrogen (secondary N) is 1. The third-order valence-corrected chi connectivity index (χ3v) is 4.13. The Morgan fingerprint density at radius 3 is 2.75 bits per heavy atom. The molecule has 1 amide bonds. The highest BCUT2D eigenvalue weighted by Gasteiger charge is 2.32. The average Bonchev–Trinajstić information content (AvgIpc) is 3.03. The van der Waals surface area contributed by atoms with Gasteiger partial charge in [-0.25, -0.2) is 4.98 Å². The number of halogens is 4. The summed E-state index contributed by atoms with van der Waals surface area (Å²) >= 11 is 5.92. The molecule has 0 saturated carbocycles. The number of nitrogens with zero attached hydrogens (tertiary/aromatic N) is 2. The van der Waals surface area contributed by atoms with Gasteiger partial charge in [0.1, 0.15) is 5.75 Å². The van der Waals surface area contributed by atoms with Crippen LogP contribution in [0.2, 0.25) is 5.02 Å². The number of fused-ring (bicyclic) bond motifs is 1. The summed E-state index contributed by atoms with van der Waals surface area (Å²) in [6.45, 7) is 2.49.